The van der Waals surface area contributed by atoms with Crippen LogP contribution in [0.1, 0.15) is 32.3 Å². The van der Waals surface area contributed by atoms with Gasteiger partial charge in [0.25, 0.3) is 0 Å². The molecule has 1 aromatic carbocycles. The Labute approximate surface area is 109 Å². The summed E-state index contributed by atoms with van der Waals surface area (Å²) in [5.41, 5.74) is 8.46. The van der Waals surface area contributed by atoms with E-state index in [1.54, 1.807) is 6.07 Å². The summed E-state index contributed by atoms with van der Waals surface area (Å²) in [6, 6.07) is 7.71. The van der Waals surface area contributed by atoms with Crippen molar-refractivity contribution in [2.24, 2.45) is 11.8 Å². The predicted molar refractivity (Wildman–Crippen MR) is 75.3 cm³/mol. The second-order valence-corrected chi connectivity index (χ2v) is 5.45. The van der Waals surface area contributed by atoms with Crippen LogP contribution < -0.4 is 10.6 Å². The first-order valence-electron chi connectivity index (χ1n) is 6.66. The number of nitrogen functional groups attached to an aromatic ring is 1. The molecule has 0 atom stereocenters. The molecule has 2 N–H and O–H groups in total. The van der Waals surface area contributed by atoms with Crippen LogP contribution in [0.2, 0.25) is 0 Å². The highest BCUT2D eigenvalue weighted by atomic mass is 15.1. The molecule has 0 amide bonds. The van der Waals surface area contributed by atoms with Gasteiger partial charge in [0.05, 0.1) is 23.0 Å². The molecule has 0 aromatic heterocycles. The minimum absolute atomic E-state index is 0.633. The first-order valence-corrected chi connectivity index (χ1v) is 6.66. The molecule has 3 nitrogen and oxygen atoms in total. The highest BCUT2D eigenvalue weighted by Crippen LogP contribution is 2.31. The zero-order chi connectivity index (χ0) is 13.1. The summed E-state index contributed by atoms with van der Waals surface area (Å²) >= 11 is 0. The summed E-state index contributed by atoms with van der Waals surface area (Å²) in [6.07, 6.45) is 2.47. The molecule has 3 heteroatoms. The van der Waals surface area contributed by atoms with Gasteiger partial charge in [-0.3, -0.25) is 0 Å². The third-order valence-electron chi connectivity index (χ3n) is 3.98. The monoisotopic (exact) mass is 243 g/mol. The fourth-order valence-corrected chi connectivity index (χ4v) is 2.72. The summed E-state index contributed by atoms with van der Waals surface area (Å²) in [6.45, 7) is 6.74. The second kappa shape index (κ2) is 5.30. The Morgan fingerprint density at radius 1 is 1.33 bits per heavy atom. The van der Waals surface area contributed by atoms with E-state index in [-0.39, 0.29) is 0 Å². The fraction of sp³-hybridized carbons (Fsp3) is 0.533. The Kier molecular flexibility index (Phi) is 3.76. The number of anilines is 2. The summed E-state index contributed by atoms with van der Waals surface area (Å²) in [5.74, 6) is 1.60. The summed E-state index contributed by atoms with van der Waals surface area (Å²) in [5, 5.41) is 8.84. The van der Waals surface area contributed by atoms with Crippen LogP contribution in [-0.4, -0.2) is 13.1 Å². The van der Waals surface area contributed by atoms with Gasteiger partial charge in [-0.05, 0) is 42.9 Å². The molecule has 0 bridgehead atoms. The van der Waals surface area contributed by atoms with Gasteiger partial charge in [-0.1, -0.05) is 13.8 Å². The predicted octanol–water partition coefficient (Wildman–Crippen LogP) is 3.01. The van der Waals surface area contributed by atoms with E-state index in [0.29, 0.717) is 5.56 Å². The number of nitriles is 1. The van der Waals surface area contributed by atoms with Crippen molar-refractivity contribution < 1.29 is 0 Å². The smallest absolute Gasteiger partial charge is 0.0992 e. The van der Waals surface area contributed by atoms with Crippen LogP contribution in [0.25, 0.3) is 0 Å². The van der Waals surface area contributed by atoms with Gasteiger partial charge in [-0.25, -0.2) is 0 Å². The van der Waals surface area contributed by atoms with Crippen LogP contribution in [0.5, 0.6) is 0 Å². The van der Waals surface area contributed by atoms with Gasteiger partial charge in [-0.2, -0.15) is 5.26 Å². The van der Waals surface area contributed by atoms with E-state index in [4.69, 9.17) is 11.0 Å². The Hall–Kier alpha value is -1.69. The molecule has 1 aliphatic rings. The third-order valence-corrected chi connectivity index (χ3v) is 3.98. The van der Waals surface area contributed by atoms with E-state index in [9.17, 15) is 0 Å². The molecular weight excluding hydrogens is 222 g/mol. The van der Waals surface area contributed by atoms with E-state index < -0.39 is 0 Å². The van der Waals surface area contributed by atoms with Gasteiger partial charge in [0.15, 0.2) is 0 Å². The van der Waals surface area contributed by atoms with Crippen molar-refractivity contribution in [1.29, 1.82) is 5.26 Å². The number of benzene rings is 1. The molecule has 0 spiro atoms. The fourth-order valence-electron chi connectivity index (χ4n) is 2.72. The van der Waals surface area contributed by atoms with E-state index in [1.165, 1.54) is 12.8 Å². The van der Waals surface area contributed by atoms with Gasteiger partial charge in [0, 0.05) is 13.1 Å². The molecule has 0 saturated carbocycles. The number of rotatable bonds is 2. The van der Waals surface area contributed by atoms with Gasteiger partial charge in [0.1, 0.15) is 0 Å². The molecule has 2 rings (SSSR count). The SMILES string of the molecule is CC(C)C1CCN(c2ccc(C#N)cc2N)CC1. The minimum atomic E-state index is 0.633. The van der Waals surface area contributed by atoms with Crippen LogP contribution in [0.3, 0.4) is 0 Å². The van der Waals surface area contributed by atoms with Crippen LogP contribution in [0, 0.1) is 23.2 Å². The first-order chi connectivity index (χ1) is 8.61. The Bertz CT molecular complexity index is 451. The van der Waals surface area contributed by atoms with Crippen molar-refractivity contribution in [3.05, 3.63) is 23.8 Å². The van der Waals surface area contributed by atoms with Crippen LogP contribution >= 0.6 is 0 Å². The Morgan fingerprint density at radius 2 is 2.00 bits per heavy atom. The van der Waals surface area contributed by atoms with Gasteiger partial charge in [-0.15, -0.1) is 0 Å². The average Bonchev–Trinajstić information content (AvgIpc) is 2.38. The molecule has 96 valence electrons. The highest BCUT2D eigenvalue weighted by Gasteiger charge is 2.22. The maximum Gasteiger partial charge on any atom is 0.0992 e. The zero-order valence-electron chi connectivity index (χ0n) is 11.2. The first kappa shape index (κ1) is 12.8. The van der Waals surface area contributed by atoms with Crippen molar-refractivity contribution in [2.75, 3.05) is 23.7 Å². The second-order valence-electron chi connectivity index (χ2n) is 5.45. The third kappa shape index (κ3) is 2.59. The number of hydrogen-bond donors (Lipinski definition) is 1. The molecule has 1 saturated heterocycles. The average molecular weight is 243 g/mol. The molecular formula is C15H21N3. The standard InChI is InChI=1S/C15H21N3/c1-11(2)13-5-7-18(8-6-13)15-4-3-12(10-16)9-14(15)17/h3-4,9,11,13H,5-8,17H2,1-2H3. The maximum absolute atomic E-state index is 8.84. The number of hydrogen-bond acceptors (Lipinski definition) is 3. The molecule has 18 heavy (non-hydrogen) atoms. The van der Waals surface area contributed by atoms with Crippen LogP contribution in [-0.2, 0) is 0 Å². The maximum atomic E-state index is 8.84. The molecule has 0 aliphatic carbocycles. The van der Waals surface area contributed by atoms with Gasteiger partial charge >= 0.3 is 0 Å². The Balaban J connectivity index is 2.08. The lowest BCUT2D eigenvalue weighted by atomic mass is 9.86. The summed E-state index contributed by atoms with van der Waals surface area (Å²) in [7, 11) is 0. The van der Waals surface area contributed by atoms with Crippen molar-refractivity contribution >= 4 is 11.4 Å². The Morgan fingerprint density at radius 3 is 2.50 bits per heavy atom. The summed E-state index contributed by atoms with van der Waals surface area (Å²) in [4.78, 5) is 2.34. The lowest BCUT2D eigenvalue weighted by Crippen LogP contribution is -2.35. The van der Waals surface area contributed by atoms with E-state index in [1.807, 2.05) is 12.1 Å². The summed E-state index contributed by atoms with van der Waals surface area (Å²) < 4.78 is 0. The number of nitrogens with zero attached hydrogens (tertiary/aromatic N) is 2. The van der Waals surface area contributed by atoms with Crippen LogP contribution in [0.4, 0.5) is 11.4 Å². The zero-order valence-corrected chi connectivity index (χ0v) is 11.2. The van der Waals surface area contributed by atoms with Gasteiger partial charge in [0.2, 0.25) is 0 Å². The van der Waals surface area contributed by atoms with E-state index in [0.717, 1.165) is 36.3 Å². The quantitative estimate of drug-likeness (QED) is 0.812. The van der Waals surface area contributed by atoms with Crippen molar-refractivity contribution in [2.45, 2.75) is 26.7 Å². The largest absolute Gasteiger partial charge is 0.397 e. The molecule has 1 aromatic rings. The van der Waals surface area contributed by atoms with E-state index in [2.05, 4.69) is 24.8 Å². The molecule has 0 radical (unpaired) electrons. The molecule has 1 fully saturated rings. The van der Waals surface area contributed by atoms with Crippen LogP contribution in [0.15, 0.2) is 18.2 Å². The topological polar surface area (TPSA) is 53.0 Å². The van der Waals surface area contributed by atoms with Crippen molar-refractivity contribution in [1.82, 2.24) is 0 Å². The highest BCUT2D eigenvalue weighted by molar-refractivity contribution is 5.69. The van der Waals surface area contributed by atoms with E-state index >= 15 is 0 Å². The van der Waals surface area contributed by atoms with Crippen molar-refractivity contribution in [3.63, 3.8) is 0 Å². The van der Waals surface area contributed by atoms with Gasteiger partial charge < -0.3 is 10.6 Å². The molecule has 0 unspecified atom stereocenters. The lowest BCUT2D eigenvalue weighted by molar-refractivity contribution is 0.311. The number of nitrogens with two attached hydrogens (primary N) is 1. The lowest BCUT2D eigenvalue weighted by Gasteiger charge is -2.35. The van der Waals surface area contributed by atoms with Crippen molar-refractivity contribution in [3.8, 4) is 6.07 Å². The normalized spacial score (nSPS) is 16.9. The minimum Gasteiger partial charge on any atom is -0.397 e. The number of piperidine rings is 1. The molecule has 1 heterocycles. The molecule has 1 aliphatic heterocycles.